The quantitative estimate of drug-likeness (QED) is 0.146. The molecule has 0 saturated carbocycles. The lowest BCUT2D eigenvalue weighted by Crippen LogP contribution is -2.45. The number of imidazole rings is 1. The summed E-state index contributed by atoms with van der Waals surface area (Å²) in [5.74, 6) is 0.306. The second-order valence-corrected chi connectivity index (χ2v) is 16.7. The molecule has 5 heterocycles. The van der Waals surface area contributed by atoms with Gasteiger partial charge < -0.3 is 5.11 Å². The summed E-state index contributed by atoms with van der Waals surface area (Å²) in [7, 11) is 0. The summed E-state index contributed by atoms with van der Waals surface area (Å²) >= 11 is 0. The van der Waals surface area contributed by atoms with Crippen molar-refractivity contribution in [1.82, 2.24) is 14.4 Å². The molecule has 0 aliphatic carbocycles. The van der Waals surface area contributed by atoms with Crippen LogP contribution in [0.1, 0.15) is 26.3 Å². The number of para-hydroxylation sites is 2. The van der Waals surface area contributed by atoms with Gasteiger partial charge in [-0.3, -0.25) is 9.38 Å². The minimum atomic E-state index is -0.111. The van der Waals surface area contributed by atoms with Gasteiger partial charge in [0.15, 0.2) is 0 Å². The van der Waals surface area contributed by atoms with E-state index in [1.54, 1.807) is 0 Å². The average molecular weight is 730 g/mol. The summed E-state index contributed by atoms with van der Waals surface area (Å²) in [4.78, 5) is 10.5. The number of fused-ring (bicyclic) bond motifs is 15. The van der Waals surface area contributed by atoms with Crippen LogP contribution in [0.5, 0.6) is 5.75 Å². The van der Waals surface area contributed by atoms with Gasteiger partial charge in [0.2, 0.25) is 6.71 Å². The van der Waals surface area contributed by atoms with Crippen molar-refractivity contribution >= 4 is 61.5 Å². The SMILES string of the molecule is CC(C)(C)c1cc(-c2cc(-c3ccccc3)ccn2)cc(-c2cccc3c2nc2c4c(O)c5c6c(c4c4ccccc4n32)-c2ccccc2B6c2ccccc2-5)c1. The molecule has 10 aromatic rings. The number of nitrogens with zero attached hydrogens (tertiary/aromatic N) is 3. The van der Waals surface area contributed by atoms with E-state index >= 15 is 0 Å². The predicted molar refractivity (Wildman–Crippen MR) is 238 cm³/mol. The highest BCUT2D eigenvalue weighted by atomic mass is 16.3. The maximum Gasteiger partial charge on any atom is 0.244 e. The molecule has 0 bridgehead atoms. The second-order valence-electron chi connectivity index (χ2n) is 16.7. The van der Waals surface area contributed by atoms with Crippen molar-refractivity contribution in [3.05, 3.63) is 163 Å². The number of aromatic hydroxyl groups is 1. The van der Waals surface area contributed by atoms with Crippen LogP contribution in [0.4, 0.5) is 0 Å². The number of hydrogen-bond donors (Lipinski definition) is 1. The third kappa shape index (κ3) is 4.45. The highest BCUT2D eigenvalue weighted by molar-refractivity contribution is 7.03. The number of rotatable bonds is 3. The lowest BCUT2D eigenvalue weighted by atomic mass is 9.41. The molecule has 2 aliphatic rings. The number of benzene rings is 7. The van der Waals surface area contributed by atoms with Gasteiger partial charge in [0.1, 0.15) is 11.4 Å². The first-order valence-electron chi connectivity index (χ1n) is 19.8. The van der Waals surface area contributed by atoms with Crippen molar-refractivity contribution in [1.29, 1.82) is 0 Å². The van der Waals surface area contributed by atoms with Crippen molar-refractivity contribution in [3.63, 3.8) is 0 Å². The Bertz CT molecular complexity index is 3360. The fourth-order valence-corrected chi connectivity index (χ4v) is 9.90. The maximum atomic E-state index is 12.8. The smallest absolute Gasteiger partial charge is 0.244 e. The van der Waals surface area contributed by atoms with E-state index in [4.69, 9.17) is 9.97 Å². The Hall–Kier alpha value is -6.98. The third-order valence-electron chi connectivity index (χ3n) is 12.5. The van der Waals surface area contributed by atoms with E-state index in [1.807, 2.05) is 12.3 Å². The molecule has 5 heteroatoms. The van der Waals surface area contributed by atoms with E-state index in [-0.39, 0.29) is 12.1 Å². The van der Waals surface area contributed by atoms with Crippen molar-refractivity contribution < 1.29 is 5.11 Å². The standard InChI is InChI=1S/C52H36BN3O/c1-52(2,3)34-27-32(26-33(28-34)41-29-31(24-25-54-41)30-14-5-4-6-15-30)35-19-13-23-43-49(35)55-51-47-44(38-18-9-12-22-42(38)56(43)51)45-36-16-7-10-20-39(36)53-40-21-11-8-17-37(40)46(48(45)53)50(47)57/h4-29,57H,1-3H3. The molecule has 0 fully saturated rings. The molecule has 1 N–H and O–H groups in total. The van der Waals surface area contributed by atoms with Crippen LogP contribution in [-0.4, -0.2) is 26.2 Å². The van der Waals surface area contributed by atoms with Crippen LogP contribution in [0.2, 0.25) is 0 Å². The molecule has 2 aliphatic heterocycles. The molecule has 4 nitrogen and oxygen atoms in total. The zero-order valence-electron chi connectivity index (χ0n) is 31.9. The highest BCUT2D eigenvalue weighted by Crippen LogP contribution is 2.49. The van der Waals surface area contributed by atoms with Gasteiger partial charge >= 0.3 is 0 Å². The first-order valence-corrected chi connectivity index (χ1v) is 19.8. The Morgan fingerprint density at radius 1 is 0.561 bits per heavy atom. The van der Waals surface area contributed by atoms with E-state index < -0.39 is 0 Å². The topological polar surface area (TPSA) is 50.4 Å². The van der Waals surface area contributed by atoms with E-state index in [2.05, 4.69) is 171 Å². The number of aromatic nitrogens is 3. The van der Waals surface area contributed by atoms with Crippen LogP contribution in [0.15, 0.2) is 158 Å². The second kappa shape index (κ2) is 11.5. The number of phenols is 1. The predicted octanol–water partition coefficient (Wildman–Crippen LogP) is 10.7. The van der Waals surface area contributed by atoms with Gasteiger partial charge in [-0.2, -0.15) is 0 Å². The van der Waals surface area contributed by atoms with E-state index in [9.17, 15) is 5.11 Å². The summed E-state index contributed by atoms with van der Waals surface area (Å²) in [6, 6.07) is 54.1. The molecule has 57 heavy (non-hydrogen) atoms. The van der Waals surface area contributed by atoms with Crippen LogP contribution < -0.4 is 16.4 Å². The van der Waals surface area contributed by atoms with Gasteiger partial charge in [0.05, 0.1) is 27.6 Å². The molecular weight excluding hydrogens is 693 g/mol. The highest BCUT2D eigenvalue weighted by Gasteiger charge is 2.45. The lowest BCUT2D eigenvalue weighted by molar-refractivity contribution is 0.484. The third-order valence-corrected chi connectivity index (χ3v) is 12.5. The van der Waals surface area contributed by atoms with Crippen LogP contribution in [0.3, 0.4) is 0 Å². The summed E-state index contributed by atoms with van der Waals surface area (Å²) in [5, 5.41) is 15.7. The van der Waals surface area contributed by atoms with Gasteiger partial charge in [-0.05, 0) is 86.2 Å². The van der Waals surface area contributed by atoms with Gasteiger partial charge in [0, 0.05) is 33.7 Å². The number of phenolic OH excluding ortho intramolecular Hbond substituents is 1. The van der Waals surface area contributed by atoms with Crippen LogP contribution >= 0.6 is 0 Å². The van der Waals surface area contributed by atoms with Crippen LogP contribution in [0.25, 0.3) is 94.1 Å². The first kappa shape index (κ1) is 32.3. The zero-order chi connectivity index (χ0) is 38.2. The molecule has 7 aromatic carbocycles. The Labute approximate surface area is 330 Å². The Balaban J connectivity index is 1.17. The van der Waals surface area contributed by atoms with Crippen molar-refractivity contribution in [3.8, 4) is 61.5 Å². The van der Waals surface area contributed by atoms with Gasteiger partial charge in [-0.15, -0.1) is 0 Å². The van der Waals surface area contributed by atoms with Crippen LogP contribution in [-0.2, 0) is 5.41 Å². The summed E-state index contributed by atoms with van der Waals surface area (Å²) in [5.41, 5.74) is 19.5. The minimum absolute atomic E-state index is 0.0882. The van der Waals surface area contributed by atoms with Crippen molar-refractivity contribution in [2.75, 3.05) is 0 Å². The molecule has 0 unspecified atom stereocenters. The number of pyridine rings is 2. The molecule has 0 radical (unpaired) electrons. The van der Waals surface area contributed by atoms with E-state index in [1.165, 1.54) is 33.1 Å². The Morgan fingerprint density at radius 2 is 1.23 bits per heavy atom. The molecule has 0 atom stereocenters. The Morgan fingerprint density at radius 3 is 2.02 bits per heavy atom. The summed E-state index contributed by atoms with van der Waals surface area (Å²) in [6.07, 6.45) is 1.91. The summed E-state index contributed by atoms with van der Waals surface area (Å²) < 4.78 is 2.27. The maximum absolute atomic E-state index is 12.8. The van der Waals surface area contributed by atoms with Crippen molar-refractivity contribution in [2.24, 2.45) is 0 Å². The first-order chi connectivity index (χ1) is 27.8. The molecule has 12 rings (SSSR count). The lowest BCUT2D eigenvalue weighted by Gasteiger charge is -2.22. The number of hydrogen-bond acceptors (Lipinski definition) is 3. The largest absolute Gasteiger partial charge is 0.507 e. The van der Waals surface area contributed by atoms with E-state index in [0.717, 1.165) is 83.0 Å². The fourth-order valence-electron chi connectivity index (χ4n) is 9.90. The molecular formula is C52H36BN3O. The van der Waals surface area contributed by atoms with Gasteiger partial charge in [0.25, 0.3) is 0 Å². The van der Waals surface area contributed by atoms with Gasteiger partial charge in [-0.1, -0.05) is 147 Å². The fraction of sp³-hybridized carbons (Fsp3) is 0.0769. The van der Waals surface area contributed by atoms with Crippen molar-refractivity contribution in [2.45, 2.75) is 26.2 Å². The van der Waals surface area contributed by atoms with Crippen LogP contribution in [0, 0.1) is 0 Å². The van der Waals surface area contributed by atoms with E-state index in [0.29, 0.717) is 5.75 Å². The van der Waals surface area contributed by atoms with Gasteiger partial charge in [-0.25, -0.2) is 4.98 Å². The zero-order valence-corrected chi connectivity index (χ0v) is 31.9. The minimum Gasteiger partial charge on any atom is -0.507 e. The monoisotopic (exact) mass is 729 g/mol. The normalized spacial score (nSPS) is 12.9. The average Bonchev–Trinajstić information content (AvgIpc) is 3.91. The molecule has 0 saturated heterocycles. The molecule has 3 aromatic heterocycles. The molecule has 0 amide bonds. The molecule has 0 spiro atoms. The summed E-state index contributed by atoms with van der Waals surface area (Å²) in [6.45, 7) is 6.88. The Kier molecular flexibility index (Phi) is 6.53. The molecule has 268 valence electrons.